The summed E-state index contributed by atoms with van der Waals surface area (Å²) in [6.45, 7) is 0. The Bertz CT molecular complexity index is 477. The molecule has 0 saturated heterocycles. The highest BCUT2D eigenvalue weighted by molar-refractivity contribution is 5.51. The highest BCUT2D eigenvalue weighted by Gasteiger charge is 2.03. The van der Waals surface area contributed by atoms with Gasteiger partial charge < -0.3 is 9.53 Å². The lowest BCUT2D eigenvalue weighted by Gasteiger charge is -2.09. The maximum atomic E-state index is 10.4. The lowest BCUT2D eigenvalue weighted by atomic mass is 10.1. The first-order chi connectivity index (χ1) is 8.40. The minimum absolute atomic E-state index is 0.523. The number of hydrogen-bond acceptors (Lipinski definition) is 2. The van der Waals surface area contributed by atoms with E-state index in [1.807, 2.05) is 54.6 Å². The minimum atomic E-state index is 0.523. The molecule has 0 amide bonds. The Hall–Kier alpha value is -2.09. The van der Waals surface area contributed by atoms with Crippen molar-refractivity contribution in [2.24, 2.45) is 0 Å². The Morgan fingerprint density at radius 1 is 0.941 bits per heavy atom. The molecule has 0 bridgehead atoms. The monoisotopic (exact) mass is 226 g/mol. The van der Waals surface area contributed by atoms with Crippen molar-refractivity contribution >= 4 is 6.29 Å². The fourth-order valence-corrected chi connectivity index (χ4v) is 1.64. The van der Waals surface area contributed by atoms with Crippen LogP contribution in [0.5, 0.6) is 11.5 Å². The molecule has 0 spiro atoms. The molecule has 0 aliphatic carbocycles. The van der Waals surface area contributed by atoms with Crippen LogP contribution < -0.4 is 4.74 Å². The lowest BCUT2D eigenvalue weighted by molar-refractivity contribution is -0.107. The Balaban J connectivity index is 2.17. The van der Waals surface area contributed by atoms with Crippen LogP contribution in [0.4, 0.5) is 0 Å². The van der Waals surface area contributed by atoms with Crippen LogP contribution in [0.1, 0.15) is 12.0 Å². The van der Waals surface area contributed by atoms with E-state index in [2.05, 4.69) is 0 Å². The van der Waals surface area contributed by atoms with Gasteiger partial charge in [0, 0.05) is 6.42 Å². The number of hydrogen-bond donors (Lipinski definition) is 0. The molecular weight excluding hydrogens is 212 g/mol. The van der Waals surface area contributed by atoms with E-state index in [4.69, 9.17) is 4.74 Å². The lowest BCUT2D eigenvalue weighted by Crippen LogP contribution is -1.92. The standard InChI is InChI=1S/C15H14O2/c16-12-6-8-13-7-4-5-11-15(13)17-14-9-2-1-3-10-14/h1-5,7,9-12H,6,8H2. The molecular formula is C15H14O2. The highest BCUT2D eigenvalue weighted by Crippen LogP contribution is 2.25. The fraction of sp³-hybridized carbons (Fsp3) is 0.133. The highest BCUT2D eigenvalue weighted by atomic mass is 16.5. The van der Waals surface area contributed by atoms with Crippen LogP contribution in [0.25, 0.3) is 0 Å². The third-order valence-electron chi connectivity index (χ3n) is 2.48. The van der Waals surface area contributed by atoms with Crippen LogP contribution in [0, 0.1) is 0 Å². The van der Waals surface area contributed by atoms with Crippen molar-refractivity contribution in [3.05, 3.63) is 60.2 Å². The van der Waals surface area contributed by atoms with Crippen molar-refractivity contribution in [3.63, 3.8) is 0 Å². The summed E-state index contributed by atoms with van der Waals surface area (Å²) < 4.78 is 5.79. The minimum Gasteiger partial charge on any atom is -0.457 e. The fourth-order valence-electron chi connectivity index (χ4n) is 1.64. The summed E-state index contributed by atoms with van der Waals surface area (Å²) >= 11 is 0. The first-order valence-corrected chi connectivity index (χ1v) is 5.64. The second-order valence-electron chi connectivity index (χ2n) is 3.73. The van der Waals surface area contributed by atoms with Crippen molar-refractivity contribution < 1.29 is 9.53 Å². The van der Waals surface area contributed by atoms with Gasteiger partial charge >= 0.3 is 0 Å². The molecule has 0 radical (unpaired) electrons. The summed E-state index contributed by atoms with van der Waals surface area (Å²) in [6, 6.07) is 17.4. The topological polar surface area (TPSA) is 26.3 Å². The molecule has 0 saturated carbocycles. The number of carbonyl (C=O) groups excluding carboxylic acids is 1. The summed E-state index contributed by atoms with van der Waals surface area (Å²) in [5, 5.41) is 0. The van der Waals surface area contributed by atoms with Crippen molar-refractivity contribution in [3.8, 4) is 11.5 Å². The Morgan fingerprint density at radius 2 is 1.65 bits per heavy atom. The molecule has 0 unspecified atom stereocenters. The molecule has 0 aromatic heterocycles. The van der Waals surface area contributed by atoms with E-state index in [1.54, 1.807) is 0 Å². The van der Waals surface area contributed by atoms with E-state index in [-0.39, 0.29) is 0 Å². The van der Waals surface area contributed by atoms with Gasteiger partial charge in [0.15, 0.2) is 0 Å². The SMILES string of the molecule is O=CCCc1ccccc1Oc1ccccc1. The average Bonchev–Trinajstić information content (AvgIpc) is 2.39. The number of ether oxygens (including phenoxy) is 1. The predicted molar refractivity (Wildman–Crippen MR) is 67.3 cm³/mol. The smallest absolute Gasteiger partial charge is 0.130 e. The van der Waals surface area contributed by atoms with Gasteiger partial charge in [-0.1, -0.05) is 36.4 Å². The average molecular weight is 226 g/mol. The molecule has 17 heavy (non-hydrogen) atoms. The van der Waals surface area contributed by atoms with Crippen LogP contribution in [0.15, 0.2) is 54.6 Å². The van der Waals surface area contributed by atoms with Gasteiger partial charge in [0.05, 0.1) is 0 Å². The molecule has 2 nitrogen and oxygen atoms in total. The van der Waals surface area contributed by atoms with Crippen LogP contribution in [0.3, 0.4) is 0 Å². The third kappa shape index (κ3) is 3.18. The van der Waals surface area contributed by atoms with Crippen LogP contribution >= 0.6 is 0 Å². The number of aryl methyl sites for hydroxylation is 1. The number of rotatable bonds is 5. The molecule has 0 atom stereocenters. The zero-order chi connectivity index (χ0) is 11.9. The van der Waals surface area contributed by atoms with Crippen molar-refractivity contribution in [2.75, 3.05) is 0 Å². The Kier molecular flexibility index (Phi) is 3.92. The number of carbonyl (C=O) groups is 1. The molecule has 0 heterocycles. The largest absolute Gasteiger partial charge is 0.457 e. The van der Waals surface area contributed by atoms with Crippen LogP contribution in [0.2, 0.25) is 0 Å². The summed E-state index contributed by atoms with van der Waals surface area (Å²) in [5.41, 5.74) is 1.06. The molecule has 2 aromatic rings. The van der Waals surface area contributed by atoms with E-state index in [0.717, 1.165) is 23.3 Å². The summed E-state index contributed by atoms with van der Waals surface area (Å²) in [5.74, 6) is 1.63. The van der Waals surface area contributed by atoms with Crippen molar-refractivity contribution in [1.29, 1.82) is 0 Å². The van der Waals surface area contributed by atoms with E-state index >= 15 is 0 Å². The molecule has 2 rings (SSSR count). The zero-order valence-electron chi connectivity index (χ0n) is 9.50. The Labute approximate surface area is 101 Å². The number of benzene rings is 2. The maximum absolute atomic E-state index is 10.4. The molecule has 0 fully saturated rings. The molecule has 0 aliphatic heterocycles. The second kappa shape index (κ2) is 5.85. The van der Waals surface area contributed by atoms with Crippen molar-refractivity contribution in [2.45, 2.75) is 12.8 Å². The Morgan fingerprint density at radius 3 is 2.41 bits per heavy atom. The second-order valence-corrected chi connectivity index (χ2v) is 3.73. The quantitative estimate of drug-likeness (QED) is 0.728. The zero-order valence-corrected chi connectivity index (χ0v) is 9.50. The van der Waals surface area contributed by atoms with Gasteiger partial charge in [0.25, 0.3) is 0 Å². The molecule has 2 aromatic carbocycles. The van der Waals surface area contributed by atoms with E-state index in [0.29, 0.717) is 12.8 Å². The molecule has 86 valence electrons. The molecule has 2 heteroatoms. The van der Waals surface area contributed by atoms with Gasteiger partial charge in [0.1, 0.15) is 17.8 Å². The van der Waals surface area contributed by atoms with Gasteiger partial charge in [-0.3, -0.25) is 0 Å². The van der Waals surface area contributed by atoms with Gasteiger partial charge in [-0.05, 0) is 30.2 Å². The van der Waals surface area contributed by atoms with Gasteiger partial charge in [0.2, 0.25) is 0 Å². The van der Waals surface area contributed by atoms with Gasteiger partial charge in [-0.25, -0.2) is 0 Å². The van der Waals surface area contributed by atoms with Gasteiger partial charge in [-0.2, -0.15) is 0 Å². The molecule has 0 N–H and O–H groups in total. The third-order valence-corrected chi connectivity index (χ3v) is 2.48. The number of para-hydroxylation sites is 2. The van der Waals surface area contributed by atoms with Crippen molar-refractivity contribution in [1.82, 2.24) is 0 Å². The van der Waals surface area contributed by atoms with E-state index < -0.39 is 0 Å². The summed E-state index contributed by atoms with van der Waals surface area (Å²) in [6.07, 6.45) is 2.17. The first kappa shape index (κ1) is 11.4. The van der Waals surface area contributed by atoms with Crippen LogP contribution in [-0.2, 0) is 11.2 Å². The maximum Gasteiger partial charge on any atom is 0.130 e. The van der Waals surface area contributed by atoms with E-state index in [9.17, 15) is 4.79 Å². The predicted octanol–water partition coefficient (Wildman–Crippen LogP) is 3.61. The van der Waals surface area contributed by atoms with Gasteiger partial charge in [-0.15, -0.1) is 0 Å². The first-order valence-electron chi connectivity index (χ1n) is 5.64. The van der Waals surface area contributed by atoms with Crippen LogP contribution in [-0.4, -0.2) is 6.29 Å². The summed E-state index contributed by atoms with van der Waals surface area (Å²) in [7, 11) is 0. The van der Waals surface area contributed by atoms with E-state index in [1.165, 1.54) is 0 Å². The normalized spacial score (nSPS) is 9.88. The number of aldehydes is 1. The molecule has 0 aliphatic rings. The summed E-state index contributed by atoms with van der Waals surface area (Å²) in [4.78, 5) is 10.4.